The molecular formula is C20H36N8O7S2. The van der Waals surface area contributed by atoms with Crippen molar-refractivity contribution in [2.75, 3.05) is 37.8 Å². The summed E-state index contributed by atoms with van der Waals surface area (Å²) < 4.78 is 5.36. The van der Waals surface area contributed by atoms with E-state index in [1.807, 2.05) is 0 Å². The Kier molecular flexibility index (Phi) is 12.7. The van der Waals surface area contributed by atoms with Gasteiger partial charge in [0.25, 0.3) is 0 Å². The summed E-state index contributed by atoms with van der Waals surface area (Å²) in [5.74, 6) is -2.64. The third kappa shape index (κ3) is 10.9. The Morgan fingerprint density at radius 2 is 1.97 bits per heavy atom. The Labute approximate surface area is 222 Å². The van der Waals surface area contributed by atoms with Crippen LogP contribution in [-0.4, -0.2) is 108 Å². The lowest BCUT2D eigenvalue weighted by Crippen LogP contribution is -2.71. The van der Waals surface area contributed by atoms with Crippen LogP contribution in [0.15, 0.2) is 0 Å². The Hall–Kier alpha value is -2.31. The maximum atomic E-state index is 12.8. The maximum Gasteiger partial charge on any atom is 0.321 e. The minimum Gasteiger partial charge on any atom is -0.480 e. The first-order chi connectivity index (χ1) is 17.5. The van der Waals surface area contributed by atoms with Crippen LogP contribution in [0.3, 0.4) is 0 Å². The summed E-state index contributed by atoms with van der Waals surface area (Å²) in [7, 11) is 2.50. The predicted octanol–water partition coefficient (Wildman–Crippen LogP) is -3.40. The number of aliphatic hydroxyl groups is 1. The molecule has 2 fully saturated rings. The molecule has 0 aliphatic carbocycles. The van der Waals surface area contributed by atoms with E-state index in [1.54, 1.807) is 0 Å². The van der Waals surface area contributed by atoms with Crippen LogP contribution >= 0.6 is 21.6 Å². The SMILES string of the molecule is N=C(N)NCCC[C@@H]1NC2(CNC(=O)[C@H](CC(N)=O)NC(=O)CCSSC[C@@H](C(=O)O)NC1O)COC2. The lowest BCUT2D eigenvalue weighted by molar-refractivity contribution is -0.140. The van der Waals surface area contributed by atoms with Gasteiger partial charge in [0.1, 0.15) is 18.3 Å². The summed E-state index contributed by atoms with van der Waals surface area (Å²) in [5, 5.41) is 41.9. The van der Waals surface area contributed by atoms with Crippen LogP contribution in [-0.2, 0) is 23.9 Å². The molecule has 2 aliphatic heterocycles. The summed E-state index contributed by atoms with van der Waals surface area (Å²) in [6.45, 7) is 0.817. The molecule has 0 radical (unpaired) electrons. The number of hydrogen-bond donors (Lipinski definition) is 10. The zero-order valence-corrected chi connectivity index (χ0v) is 21.9. The molecule has 1 unspecified atom stereocenters. The van der Waals surface area contributed by atoms with Gasteiger partial charge in [-0.25, -0.2) is 0 Å². The number of aliphatic carboxylic acids is 1. The Balaban J connectivity index is 2.22. The van der Waals surface area contributed by atoms with Crippen LogP contribution in [0.5, 0.6) is 0 Å². The quantitative estimate of drug-likeness (QED) is 0.0627. The van der Waals surface area contributed by atoms with E-state index in [1.165, 1.54) is 21.6 Å². The number of hydrogen-bond acceptors (Lipinski definition) is 11. The van der Waals surface area contributed by atoms with Crippen LogP contribution < -0.4 is 38.1 Å². The van der Waals surface area contributed by atoms with Crippen molar-refractivity contribution in [2.24, 2.45) is 11.5 Å². The van der Waals surface area contributed by atoms with Crippen molar-refractivity contribution >= 4 is 51.2 Å². The monoisotopic (exact) mass is 564 g/mol. The third-order valence-electron chi connectivity index (χ3n) is 5.70. The molecule has 2 heterocycles. The molecule has 0 saturated carbocycles. The smallest absolute Gasteiger partial charge is 0.321 e. The van der Waals surface area contributed by atoms with E-state index in [9.17, 15) is 29.4 Å². The first-order valence-electron chi connectivity index (χ1n) is 11.7. The minimum absolute atomic E-state index is 0.0453. The zero-order chi connectivity index (χ0) is 27.4. The Morgan fingerprint density at radius 1 is 1.24 bits per heavy atom. The third-order valence-corrected chi connectivity index (χ3v) is 8.11. The number of aliphatic hydroxyl groups excluding tert-OH is 1. The molecule has 37 heavy (non-hydrogen) atoms. The number of nitrogens with two attached hydrogens (primary N) is 2. The van der Waals surface area contributed by atoms with Gasteiger partial charge < -0.3 is 42.4 Å². The first-order valence-corrected chi connectivity index (χ1v) is 14.2. The lowest BCUT2D eigenvalue weighted by Gasteiger charge is -2.46. The van der Waals surface area contributed by atoms with Crippen molar-refractivity contribution < 1.29 is 34.1 Å². The number of carbonyl (C=O) groups excluding carboxylic acids is 3. The number of carbonyl (C=O) groups is 4. The number of carboxylic acids is 1. The average Bonchev–Trinajstić information content (AvgIpc) is 2.79. The molecule has 210 valence electrons. The van der Waals surface area contributed by atoms with E-state index in [2.05, 4.69) is 26.6 Å². The maximum absolute atomic E-state index is 12.8. The van der Waals surface area contributed by atoms with Gasteiger partial charge in [0, 0.05) is 37.1 Å². The van der Waals surface area contributed by atoms with E-state index >= 15 is 0 Å². The van der Waals surface area contributed by atoms with Crippen LogP contribution in [0.2, 0.25) is 0 Å². The molecule has 0 bridgehead atoms. The van der Waals surface area contributed by atoms with E-state index in [0.717, 1.165) is 0 Å². The largest absolute Gasteiger partial charge is 0.480 e. The van der Waals surface area contributed by atoms with E-state index in [4.69, 9.17) is 21.6 Å². The second-order valence-corrected chi connectivity index (χ2v) is 11.5. The van der Waals surface area contributed by atoms with Crippen LogP contribution in [0, 0.1) is 5.41 Å². The summed E-state index contributed by atoms with van der Waals surface area (Å²) in [6.07, 6.45) is -0.722. The summed E-state index contributed by atoms with van der Waals surface area (Å²) >= 11 is 0. The molecule has 2 aliphatic rings. The molecule has 0 aromatic carbocycles. The summed E-state index contributed by atoms with van der Waals surface area (Å²) in [5.41, 5.74) is 9.80. The molecule has 17 heteroatoms. The van der Waals surface area contributed by atoms with Crippen molar-refractivity contribution in [3.63, 3.8) is 0 Å². The highest BCUT2D eigenvalue weighted by Crippen LogP contribution is 2.24. The number of ether oxygens (including phenoxy) is 1. The summed E-state index contributed by atoms with van der Waals surface area (Å²) in [6, 6.07) is -2.86. The van der Waals surface area contributed by atoms with Gasteiger partial charge in [-0.1, -0.05) is 21.6 Å². The number of amides is 3. The highest BCUT2D eigenvalue weighted by Gasteiger charge is 2.42. The normalized spacial score (nSPS) is 27.7. The predicted molar refractivity (Wildman–Crippen MR) is 138 cm³/mol. The van der Waals surface area contributed by atoms with Gasteiger partial charge in [-0.15, -0.1) is 0 Å². The second kappa shape index (κ2) is 15.2. The van der Waals surface area contributed by atoms with E-state index in [0.29, 0.717) is 25.1 Å². The average molecular weight is 565 g/mol. The Morgan fingerprint density at radius 3 is 2.57 bits per heavy atom. The van der Waals surface area contributed by atoms with Crippen LogP contribution in [0.1, 0.15) is 25.7 Å². The second-order valence-electron chi connectivity index (χ2n) is 8.87. The zero-order valence-electron chi connectivity index (χ0n) is 20.3. The highest BCUT2D eigenvalue weighted by atomic mass is 33.1. The van der Waals surface area contributed by atoms with Crippen LogP contribution in [0.25, 0.3) is 0 Å². The molecule has 2 rings (SSSR count). The number of primary amides is 1. The van der Waals surface area contributed by atoms with Gasteiger partial charge in [0.05, 0.1) is 25.2 Å². The molecule has 3 amide bonds. The highest BCUT2D eigenvalue weighted by molar-refractivity contribution is 8.76. The van der Waals surface area contributed by atoms with Crippen molar-refractivity contribution in [3.8, 4) is 0 Å². The van der Waals surface area contributed by atoms with Crippen molar-refractivity contribution in [3.05, 3.63) is 0 Å². The number of guanidine groups is 1. The van der Waals surface area contributed by atoms with Gasteiger partial charge in [-0.2, -0.15) is 0 Å². The number of rotatable bonds is 7. The number of nitrogens with one attached hydrogen (secondary N) is 6. The molecule has 2 saturated heterocycles. The van der Waals surface area contributed by atoms with Crippen molar-refractivity contribution in [1.82, 2.24) is 26.6 Å². The molecule has 4 atom stereocenters. The van der Waals surface area contributed by atoms with Gasteiger partial charge in [-0.05, 0) is 12.8 Å². The van der Waals surface area contributed by atoms with Crippen molar-refractivity contribution in [2.45, 2.75) is 55.6 Å². The lowest BCUT2D eigenvalue weighted by atomic mass is 9.93. The fraction of sp³-hybridized carbons (Fsp3) is 0.750. The van der Waals surface area contributed by atoms with Crippen molar-refractivity contribution in [1.29, 1.82) is 5.41 Å². The van der Waals surface area contributed by atoms with Gasteiger partial charge in [-0.3, -0.25) is 35.2 Å². The molecule has 15 nitrogen and oxygen atoms in total. The Bertz CT molecular complexity index is 833. The molecule has 0 aromatic rings. The molecule has 12 N–H and O–H groups in total. The standard InChI is InChI=1S/C20H36N8O7S2/c21-14(29)6-12-16(31)25-8-20(9-35-10-20)28-11(2-1-4-24-19(22)23)17(32)27-13(18(33)34)7-37-36-5-3-15(30)26-12/h11-13,17,27-28,32H,1-10H2,(H2,21,29)(H,25,31)(H,26,30)(H,33,34)(H4,22,23,24)/t11-,12-,13-,17?/m0/s1. The van der Waals surface area contributed by atoms with E-state index < -0.39 is 53.6 Å². The molecular weight excluding hydrogens is 528 g/mol. The van der Waals surface area contributed by atoms with Gasteiger partial charge >= 0.3 is 5.97 Å². The first kappa shape index (κ1) is 30.9. The topological polar surface area (TPSA) is 254 Å². The molecule has 0 aromatic heterocycles. The number of carboxylic acid groups (broad SMARTS) is 1. The molecule has 1 spiro atoms. The van der Waals surface area contributed by atoms with Crippen LogP contribution in [0.4, 0.5) is 0 Å². The minimum atomic E-state index is -1.27. The van der Waals surface area contributed by atoms with Gasteiger partial charge in [0.15, 0.2) is 5.96 Å². The van der Waals surface area contributed by atoms with E-state index in [-0.39, 0.29) is 44.3 Å². The fourth-order valence-corrected chi connectivity index (χ4v) is 5.87. The summed E-state index contributed by atoms with van der Waals surface area (Å²) in [4.78, 5) is 48.4. The fourth-order valence-electron chi connectivity index (χ4n) is 3.71. The van der Waals surface area contributed by atoms with Gasteiger partial charge in [0.2, 0.25) is 17.7 Å².